The topological polar surface area (TPSA) is 88.5 Å². The van der Waals surface area contributed by atoms with Gasteiger partial charge in [-0.3, -0.25) is 0 Å². The fraction of sp³-hybridized carbons (Fsp3) is 0.609. The first-order valence-corrected chi connectivity index (χ1v) is 10.3. The SMILES string of the molecule is COc1cc(C(=O)O[C@H]2C/C(C)=C/CCC3(C)OC3[C@@H](O)[C@@H]2C(C)C)ccc1O. The average molecular weight is 405 g/mol. The summed E-state index contributed by atoms with van der Waals surface area (Å²) in [6.07, 6.45) is 3.03. The Morgan fingerprint density at radius 1 is 1.34 bits per heavy atom. The molecular formula is C23H32O6. The van der Waals surface area contributed by atoms with Crippen molar-refractivity contribution in [3.8, 4) is 11.5 Å². The second-order valence-electron chi connectivity index (χ2n) is 8.79. The van der Waals surface area contributed by atoms with Gasteiger partial charge in [0.15, 0.2) is 11.5 Å². The van der Waals surface area contributed by atoms with Crippen molar-refractivity contribution >= 4 is 5.97 Å². The van der Waals surface area contributed by atoms with Crippen LogP contribution in [0.15, 0.2) is 29.8 Å². The van der Waals surface area contributed by atoms with E-state index in [0.29, 0.717) is 12.0 Å². The number of hydrogen-bond donors (Lipinski definition) is 2. The van der Waals surface area contributed by atoms with Crippen LogP contribution in [0.4, 0.5) is 0 Å². The van der Waals surface area contributed by atoms with E-state index in [4.69, 9.17) is 14.2 Å². The van der Waals surface area contributed by atoms with Crippen LogP contribution in [0.25, 0.3) is 0 Å². The molecule has 0 radical (unpaired) electrons. The molecule has 1 aliphatic carbocycles. The van der Waals surface area contributed by atoms with Gasteiger partial charge in [-0.25, -0.2) is 4.79 Å². The standard InChI is InChI=1S/C23H32O6/c1-13(2)19-18(28-22(26)15-8-9-16(24)17(12-15)27-5)11-14(3)7-6-10-23(4)21(29-23)20(19)25/h7-9,12-13,18-21,24-25H,6,10-11H2,1-5H3/b14-7+/t18-,19+,20-,21?,23?/m0/s1. The lowest BCUT2D eigenvalue weighted by atomic mass is 9.78. The Morgan fingerprint density at radius 3 is 2.72 bits per heavy atom. The first kappa shape index (κ1) is 21.7. The summed E-state index contributed by atoms with van der Waals surface area (Å²) in [7, 11) is 1.43. The summed E-state index contributed by atoms with van der Waals surface area (Å²) in [5, 5.41) is 20.9. The number of ether oxygens (including phenoxy) is 3. The van der Waals surface area contributed by atoms with Gasteiger partial charge in [-0.1, -0.05) is 25.5 Å². The Balaban J connectivity index is 1.88. The molecule has 0 saturated carbocycles. The molecule has 2 aliphatic rings. The molecule has 1 saturated heterocycles. The third-order valence-electron chi connectivity index (χ3n) is 6.17. The van der Waals surface area contributed by atoms with Crippen molar-refractivity contribution in [2.75, 3.05) is 7.11 Å². The molecule has 0 aromatic heterocycles. The second kappa shape index (κ2) is 8.36. The summed E-state index contributed by atoms with van der Waals surface area (Å²) < 4.78 is 16.9. The van der Waals surface area contributed by atoms with E-state index in [-0.39, 0.29) is 35.0 Å². The molecule has 2 unspecified atom stereocenters. The molecular weight excluding hydrogens is 372 g/mol. The summed E-state index contributed by atoms with van der Waals surface area (Å²) in [6.45, 7) is 8.13. The zero-order valence-electron chi connectivity index (χ0n) is 17.8. The van der Waals surface area contributed by atoms with Gasteiger partial charge in [0.25, 0.3) is 0 Å². The quantitative estimate of drug-likeness (QED) is 0.450. The van der Waals surface area contributed by atoms with E-state index in [1.165, 1.54) is 25.3 Å². The minimum absolute atomic E-state index is 0.0397. The number of phenols is 1. The highest BCUT2D eigenvalue weighted by molar-refractivity contribution is 5.90. The number of carbonyl (C=O) groups is 1. The van der Waals surface area contributed by atoms with Crippen molar-refractivity contribution in [2.24, 2.45) is 11.8 Å². The summed E-state index contributed by atoms with van der Waals surface area (Å²) in [5.74, 6) is -0.495. The Morgan fingerprint density at radius 2 is 2.07 bits per heavy atom. The number of epoxide rings is 1. The van der Waals surface area contributed by atoms with Gasteiger partial charge in [-0.05, 0) is 50.8 Å². The molecule has 160 valence electrons. The number of rotatable bonds is 4. The van der Waals surface area contributed by atoms with E-state index >= 15 is 0 Å². The summed E-state index contributed by atoms with van der Waals surface area (Å²) in [4.78, 5) is 12.9. The maximum Gasteiger partial charge on any atom is 0.338 e. The van der Waals surface area contributed by atoms with Crippen molar-refractivity contribution in [1.29, 1.82) is 0 Å². The molecule has 0 spiro atoms. The zero-order valence-corrected chi connectivity index (χ0v) is 17.8. The van der Waals surface area contributed by atoms with Crippen LogP contribution in [0.2, 0.25) is 0 Å². The highest BCUT2D eigenvalue weighted by Gasteiger charge is 2.58. The van der Waals surface area contributed by atoms with E-state index in [2.05, 4.69) is 6.08 Å². The maximum absolute atomic E-state index is 12.9. The third kappa shape index (κ3) is 4.59. The Kier molecular flexibility index (Phi) is 6.24. The van der Waals surface area contributed by atoms with Crippen molar-refractivity contribution in [3.05, 3.63) is 35.4 Å². The maximum atomic E-state index is 12.9. The van der Waals surface area contributed by atoms with Gasteiger partial charge < -0.3 is 24.4 Å². The smallest absolute Gasteiger partial charge is 0.338 e. The van der Waals surface area contributed by atoms with Crippen LogP contribution >= 0.6 is 0 Å². The summed E-state index contributed by atoms with van der Waals surface area (Å²) in [5.41, 5.74) is 1.11. The number of aliphatic hydroxyl groups excluding tert-OH is 1. The first-order valence-electron chi connectivity index (χ1n) is 10.3. The van der Waals surface area contributed by atoms with E-state index in [1.807, 2.05) is 27.7 Å². The third-order valence-corrected chi connectivity index (χ3v) is 6.17. The number of aromatic hydroxyl groups is 1. The predicted octanol–water partition coefficient (Wildman–Crippen LogP) is 3.85. The average Bonchev–Trinajstić information content (AvgIpc) is 3.32. The van der Waals surface area contributed by atoms with Gasteiger partial charge in [0.1, 0.15) is 12.2 Å². The molecule has 1 fully saturated rings. The normalized spacial score (nSPS) is 34.0. The number of benzene rings is 1. The summed E-state index contributed by atoms with van der Waals surface area (Å²) >= 11 is 0. The molecule has 1 aromatic carbocycles. The number of esters is 1. The zero-order chi connectivity index (χ0) is 21.3. The molecule has 1 aliphatic heterocycles. The number of phenolic OH excluding ortho intramolecular Hbond substituents is 1. The van der Waals surface area contributed by atoms with Crippen LogP contribution in [0, 0.1) is 11.8 Å². The van der Waals surface area contributed by atoms with Gasteiger partial charge in [0, 0.05) is 12.3 Å². The lowest BCUT2D eigenvalue weighted by Gasteiger charge is -2.34. The molecule has 6 nitrogen and oxygen atoms in total. The number of fused-ring (bicyclic) bond motifs is 1. The molecule has 5 atom stereocenters. The monoisotopic (exact) mass is 404 g/mol. The Hall–Kier alpha value is -2.05. The Bertz CT molecular complexity index is 786. The molecule has 29 heavy (non-hydrogen) atoms. The van der Waals surface area contributed by atoms with Gasteiger partial charge in [0.2, 0.25) is 0 Å². The second-order valence-corrected chi connectivity index (χ2v) is 8.79. The van der Waals surface area contributed by atoms with Crippen LogP contribution in [0.1, 0.15) is 57.3 Å². The van der Waals surface area contributed by atoms with Gasteiger partial charge in [-0.2, -0.15) is 0 Å². The first-order chi connectivity index (χ1) is 13.7. The van der Waals surface area contributed by atoms with Crippen molar-refractivity contribution in [2.45, 2.75) is 70.9 Å². The number of carbonyl (C=O) groups excluding carboxylic acids is 1. The molecule has 1 aromatic rings. The highest BCUT2D eigenvalue weighted by atomic mass is 16.6. The van der Waals surface area contributed by atoms with E-state index in [1.54, 1.807) is 0 Å². The Labute approximate surface area is 172 Å². The number of hydrogen-bond acceptors (Lipinski definition) is 6. The lowest BCUT2D eigenvalue weighted by molar-refractivity contribution is -0.0419. The van der Waals surface area contributed by atoms with Crippen LogP contribution in [-0.4, -0.2) is 47.2 Å². The minimum atomic E-state index is -0.710. The number of methoxy groups -OCH3 is 1. The predicted molar refractivity (Wildman–Crippen MR) is 109 cm³/mol. The number of aliphatic hydroxyl groups is 1. The van der Waals surface area contributed by atoms with Crippen molar-refractivity contribution < 1.29 is 29.2 Å². The fourth-order valence-corrected chi connectivity index (χ4v) is 4.41. The van der Waals surface area contributed by atoms with Crippen LogP contribution in [0.3, 0.4) is 0 Å². The van der Waals surface area contributed by atoms with E-state index < -0.39 is 18.2 Å². The number of allylic oxidation sites excluding steroid dienone is 1. The largest absolute Gasteiger partial charge is 0.504 e. The molecule has 0 bridgehead atoms. The van der Waals surface area contributed by atoms with Gasteiger partial charge in [-0.15, -0.1) is 0 Å². The van der Waals surface area contributed by atoms with Crippen LogP contribution in [-0.2, 0) is 9.47 Å². The minimum Gasteiger partial charge on any atom is -0.504 e. The molecule has 3 rings (SSSR count). The van der Waals surface area contributed by atoms with Gasteiger partial charge in [0.05, 0.1) is 24.4 Å². The van der Waals surface area contributed by atoms with Gasteiger partial charge >= 0.3 is 5.97 Å². The van der Waals surface area contributed by atoms with Crippen molar-refractivity contribution in [3.63, 3.8) is 0 Å². The lowest BCUT2D eigenvalue weighted by Crippen LogP contribution is -2.43. The highest BCUT2D eigenvalue weighted by Crippen LogP contribution is 2.47. The fourth-order valence-electron chi connectivity index (χ4n) is 4.41. The van der Waals surface area contributed by atoms with Crippen LogP contribution < -0.4 is 4.74 Å². The molecule has 1 heterocycles. The van der Waals surface area contributed by atoms with E-state index in [9.17, 15) is 15.0 Å². The molecule has 6 heteroatoms. The van der Waals surface area contributed by atoms with Crippen LogP contribution in [0.5, 0.6) is 11.5 Å². The molecule has 2 N–H and O–H groups in total. The van der Waals surface area contributed by atoms with E-state index in [0.717, 1.165) is 18.4 Å². The summed E-state index contributed by atoms with van der Waals surface area (Å²) in [6, 6.07) is 4.37. The van der Waals surface area contributed by atoms with Crippen molar-refractivity contribution in [1.82, 2.24) is 0 Å². The molecule has 0 amide bonds.